The third kappa shape index (κ3) is 5.13. The molecule has 1 aliphatic heterocycles. The summed E-state index contributed by atoms with van der Waals surface area (Å²) in [6.45, 7) is 7.63. The van der Waals surface area contributed by atoms with E-state index in [0.717, 1.165) is 25.9 Å². The molecule has 0 aromatic carbocycles. The average molecular weight is 310 g/mol. The van der Waals surface area contributed by atoms with E-state index >= 15 is 0 Å². The van der Waals surface area contributed by atoms with Crippen LogP contribution in [0.3, 0.4) is 0 Å². The first-order valence-electron chi connectivity index (χ1n) is 7.53. The predicted molar refractivity (Wildman–Crippen MR) is 81.2 cm³/mol. The number of carbonyl (C=O) groups is 1. The van der Waals surface area contributed by atoms with Gasteiger partial charge in [0.25, 0.3) is 0 Å². The van der Waals surface area contributed by atoms with Crippen molar-refractivity contribution in [2.75, 3.05) is 24.5 Å². The van der Waals surface area contributed by atoms with Crippen LogP contribution in [0.25, 0.3) is 0 Å². The van der Waals surface area contributed by atoms with Crippen LogP contribution in [-0.2, 0) is 4.74 Å². The fraction of sp³-hybridized carbons (Fsp3) is 0.667. The van der Waals surface area contributed by atoms with Gasteiger partial charge in [-0.1, -0.05) is 0 Å². The van der Waals surface area contributed by atoms with Gasteiger partial charge in [0.05, 0.1) is 12.4 Å². The van der Waals surface area contributed by atoms with Crippen LogP contribution in [0.1, 0.15) is 33.6 Å². The van der Waals surface area contributed by atoms with Crippen molar-refractivity contribution in [2.45, 2.75) is 39.2 Å². The molecule has 1 N–H and O–H groups in total. The number of rotatable bonds is 3. The smallest absolute Gasteiger partial charge is 0.407 e. The summed E-state index contributed by atoms with van der Waals surface area (Å²) in [6, 6.07) is 0. The van der Waals surface area contributed by atoms with Crippen molar-refractivity contribution in [2.24, 2.45) is 5.92 Å². The first-order valence-corrected chi connectivity index (χ1v) is 7.53. The second-order valence-electron chi connectivity index (χ2n) is 6.54. The molecule has 2 rings (SSSR count). The summed E-state index contributed by atoms with van der Waals surface area (Å²) in [5.41, 5.74) is -0.495. The number of amides is 1. The fourth-order valence-electron chi connectivity index (χ4n) is 2.42. The molecule has 0 aliphatic carbocycles. The quantitative estimate of drug-likeness (QED) is 0.928. The van der Waals surface area contributed by atoms with Crippen LogP contribution in [0.4, 0.5) is 15.1 Å². The monoisotopic (exact) mass is 310 g/mol. The molecule has 22 heavy (non-hydrogen) atoms. The molecule has 2 heterocycles. The molecule has 1 saturated heterocycles. The van der Waals surface area contributed by atoms with Gasteiger partial charge in [-0.3, -0.25) is 0 Å². The lowest BCUT2D eigenvalue weighted by Crippen LogP contribution is -2.42. The summed E-state index contributed by atoms with van der Waals surface area (Å²) in [4.78, 5) is 21.7. The Morgan fingerprint density at radius 2 is 2.14 bits per heavy atom. The molecule has 0 radical (unpaired) electrons. The fourth-order valence-corrected chi connectivity index (χ4v) is 2.42. The summed E-state index contributed by atoms with van der Waals surface area (Å²) in [5.74, 6) is 0.391. The number of carbonyl (C=O) groups excluding carboxylic acids is 1. The van der Waals surface area contributed by atoms with Crippen LogP contribution < -0.4 is 10.2 Å². The number of hydrogen-bond donors (Lipinski definition) is 1. The summed E-state index contributed by atoms with van der Waals surface area (Å²) < 4.78 is 18.1. The summed E-state index contributed by atoms with van der Waals surface area (Å²) in [7, 11) is 0. The van der Waals surface area contributed by atoms with Crippen LogP contribution in [0.5, 0.6) is 0 Å². The van der Waals surface area contributed by atoms with E-state index in [0.29, 0.717) is 18.4 Å². The van der Waals surface area contributed by atoms with Crippen molar-refractivity contribution >= 4 is 12.0 Å². The summed E-state index contributed by atoms with van der Waals surface area (Å²) >= 11 is 0. The molecular formula is C15H23FN4O2. The van der Waals surface area contributed by atoms with E-state index in [9.17, 15) is 9.18 Å². The van der Waals surface area contributed by atoms with E-state index in [1.165, 1.54) is 12.4 Å². The zero-order valence-corrected chi connectivity index (χ0v) is 13.3. The lowest BCUT2D eigenvalue weighted by atomic mass is 9.98. The van der Waals surface area contributed by atoms with Crippen molar-refractivity contribution < 1.29 is 13.9 Å². The number of nitrogens with one attached hydrogen (secondary N) is 1. The minimum absolute atomic E-state index is 0.301. The highest BCUT2D eigenvalue weighted by atomic mass is 19.1. The third-order valence-electron chi connectivity index (χ3n) is 3.34. The summed E-state index contributed by atoms with van der Waals surface area (Å²) in [6.07, 6.45) is 3.95. The zero-order valence-electron chi connectivity index (χ0n) is 13.3. The number of aromatic nitrogens is 2. The number of piperidine rings is 1. The number of nitrogens with zero attached hydrogens (tertiary/aromatic N) is 3. The minimum atomic E-state index is -0.495. The number of halogens is 1. The maximum atomic E-state index is 12.9. The van der Waals surface area contributed by atoms with Crippen LogP contribution in [-0.4, -0.2) is 41.3 Å². The zero-order chi connectivity index (χ0) is 16.2. The van der Waals surface area contributed by atoms with Gasteiger partial charge in [-0.25, -0.2) is 19.2 Å². The molecule has 1 atom stereocenters. The first kappa shape index (κ1) is 16.5. The third-order valence-corrected chi connectivity index (χ3v) is 3.34. The van der Waals surface area contributed by atoms with Crippen molar-refractivity contribution in [1.29, 1.82) is 0 Å². The Hall–Kier alpha value is -1.92. The molecule has 122 valence electrons. The Balaban J connectivity index is 1.83. The molecular weight excluding hydrogens is 287 g/mol. The second kappa shape index (κ2) is 6.89. The molecule has 0 saturated carbocycles. The lowest BCUT2D eigenvalue weighted by Gasteiger charge is -2.32. The normalized spacial score (nSPS) is 18.9. The molecule has 1 fully saturated rings. The first-order chi connectivity index (χ1) is 10.3. The van der Waals surface area contributed by atoms with Crippen LogP contribution in [0.15, 0.2) is 12.4 Å². The van der Waals surface area contributed by atoms with Gasteiger partial charge < -0.3 is 15.0 Å². The molecule has 7 heteroatoms. The van der Waals surface area contributed by atoms with E-state index in [1.807, 2.05) is 25.7 Å². The van der Waals surface area contributed by atoms with Crippen molar-refractivity contribution in [3.05, 3.63) is 18.2 Å². The topological polar surface area (TPSA) is 67.3 Å². The van der Waals surface area contributed by atoms with Crippen molar-refractivity contribution in [1.82, 2.24) is 15.3 Å². The van der Waals surface area contributed by atoms with Gasteiger partial charge in [0, 0.05) is 19.6 Å². The van der Waals surface area contributed by atoms with Crippen LogP contribution in [0, 0.1) is 11.7 Å². The average Bonchev–Trinajstić information content (AvgIpc) is 2.44. The lowest BCUT2D eigenvalue weighted by molar-refractivity contribution is 0.0517. The molecule has 0 spiro atoms. The molecule has 1 amide bonds. The van der Waals surface area contributed by atoms with E-state index < -0.39 is 17.5 Å². The number of anilines is 1. The largest absolute Gasteiger partial charge is 0.444 e. The van der Waals surface area contributed by atoms with E-state index in [2.05, 4.69) is 15.3 Å². The maximum absolute atomic E-state index is 12.9. The van der Waals surface area contributed by atoms with Gasteiger partial charge in [-0.2, -0.15) is 0 Å². The predicted octanol–water partition coefficient (Wildman–Crippen LogP) is 2.36. The molecule has 1 aromatic rings. The highest BCUT2D eigenvalue weighted by Gasteiger charge is 2.23. The molecule has 0 unspecified atom stereocenters. The highest BCUT2D eigenvalue weighted by molar-refractivity contribution is 5.67. The second-order valence-corrected chi connectivity index (χ2v) is 6.54. The number of ether oxygens (including phenoxy) is 1. The Morgan fingerprint density at radius 3 is 2.77 bits per heavy atom. The molecule has 1 aliphatic rings. The standard InChI is InChI=1S/C15H23FN4O2/c1-15(2,3)22-14(21)19-7-11-5-4-6-20(10-11)13-17-8-12(16)9-18-13/h8-9,11H,4-7,10H2,1-3H3,(H,19,21)/t11-/m1/s1. The molecule has 1 aromatic heterocycles. The van der Waals surface area contributed by atoms with Gasteiger partial charge in [0.2, 0.25) is 5.95 Å². The number of alkyl carbamates (subject to hydrolysis) is 1. The van der Waals surface area contributed by atoms with Gasteiger partial charge in [0.1, 0.15) is 5.60 Å². The summed E-state index contributed by atoms with van der Waals surface area (Å²) in [5, 5.41) is 2.80. The van der Waals surface area contributed by atoms with Crippen LogP contribution in [0.2, 0.25) is 0 Å². The minimum Gasteiger partial charge on any atom is -0.444 e. The SMILES string of the molecule is CC(C)(C)OC(=O)NC[C@H]1CCCN(c2ncc(F)cn2)C1. The Labute approximate surface area is 130 Å². The van der Waals surface area contributed by atoms with Crippen molar-refractivity contribution in [3.63, 3.8) is 0 Å². The van der Waals surface area contributed by atoms with Crippen LogP contribution >= 0.6 is 0 Å². The number of hydrogen-bond acceptors (Lipinski definition) is 5. The van der Waals surface area contributed by atoms with Crippen molar-refractivity contribution in [3.8, 4) is 0 Å². The van der Waals surface area contributed by atoms with E-state index in [-0.39, 0.29) is 0 Å². The Bertz CT molecular complexity index is 501. The highest BCUT2D eigenvalue weighted by Crippen LogP contribution is 2.19. The molecule has 6 nitrogen and oxygen atoms in total. The van der Waals surface area contributed by atoms with Gasteiger partial charge >= 0.3 is 6.09 Å². The maximum Gasteiger partial charge on any atom is 0.407 e. The van der Waals surface area contributed by atoms with Gasteiger partial charge in [-0.15, -0.1) is 0 Å². The molecule has 0 bridgehead atoms. The van der Waals surface area contributed by atoms with Gasteiger partial charge in [0.15, 0.2) is 5.82 Å². The van der Waals surface area contributed by atoms with E-state index in [4.69, 9.17) is 4.74 Å². The Kier molecular flexibility index (Phi) is 5.15. The van der Waals surface area contributed by atoms with Gasteiger partial charge in [-0.05, 0) is 39.5 Å². The van der Waals surface area contributed by atoms with E-state index in [1.54, 1.807) is 0 Å². The Morgan fingerprint density at radius 1 is 1.45 bits per heavy atom.